The molecule has 1 aromatic carbocycles. The van der Waals surface area contributed by atoms with Crippen LogP contribution in [0.2, 0.25) is 0 Å². The molecule has 4 rings (SSSR count). The van der Waals surface area contributed by atoms with E-state index in [9.17, 15) is 4.39 Å². The van der Waals surface area contributed by atoms with Crippen molar-refractivity contribution < 1.29 is 9.13 Å². The van der Waals surface area contributed by atoms with Crippen molar-refractivity contribution in [2.75, 3.05) is 0 Å². The van der Waals surface area contributed by atoms with E-state index >= 15 is 0 Å². The Kier molecular flexibility index (Phi) is 6.16. The number of nitrogens with zero attached hydrogens (tertiary/aromatic N) is 5. The minimum absolute atomic E-state index is 0.280. The third-order valence-corrected chi connectivity index (χ3v) is 5.97. The van der Waals surface area contributed by atoms with Crippen molar-refractivity contribution in [2.45, 2.75) is 31.0 Å². The molecule has 0 fully saturated rings. The molecule has 9 heteroatoms. The Morgan fingerprint density at radius 2 is 1.90 bits per heavy atom. The molecule has 0 amide bonds. The highest BCUT2D eigenvalue weighted by Crippen LogP contribution is 2.27. The standard InChI is InChI=1S/C20H18FN5OS2/c1-2-26-19(14-7-9-22-10-8-14)24-25-20(26)29-13-16-12-28-18(23-16)11-27-17-5-3-15(21)4-6-17/h3-10,12H,2,11,13H2,1H3. The number of rotatable bonds is 8. The Bertz CT molecular complexity index is 1070. The fourth-order valence-electron chi connectivity index (χ4n) is 2.69. The second kappa shape index (κ2) is 9.15. The number of aromatic nitrogens is 5. The van der Waals surface area contributed by atoms with E-state index in [1.54, 1.807) is 47.6 Å². The van der Waals surface area contributed by atoms with E-state index in [0.717, 1.165) is 33.8 Å². The van der Waals surface area contributed by atoms with Crippen LogP contribution >= 0.6 is 23.1 Å². The van der Waals surface area contributed by atoms with E-state index in [4.69, 9.17) is 4.74 Å². The fourth-order valence-corrected chi connectivity index (χ4v) is 4.40. The Labute approximate surface area is 175 Å². The second-order valence-corrected chi connectivity index (χ2v) is 7.94. The van der Waals surface area contributed by atoms with Crippen LogP contribution in [-0.2, 0) is 18.9 Å². The summed E-state index contributed by atoms with van der Waals surface area (Å²) in [5, 5.41) is 12.4. The quantitative estimate of drug-likeness (QED) is 0.375. The maximum Gasteiger partial charge on any atom is 0.191 e. The summed E-state index contributed by atoms with van der Waals surface area (Å²) in [4.78, 5) is 8.66. The van der Waals surface area contributed by atoms with E-state index in [1.165, 1.54) is 12.1 Å². The normalized spacial score (nSPS) is 11.0. The van der Waals surface area contributed by atoms with Gasteiger partial charge in [0.2, 0.25) is 0 Å². The number of hydrogen-bond donors (Lipinski definition) is 0. The Hall–Kier alpha value is -2.78. The van der Waals surface area contributed by atoms with Crippen molar-refractivity contribution in [3.63, 3.8) is 0 Å². The molecular weight excluding hydrogens is 409 g/mol. The van der Waals surface area contributed by atoms with Gasteiger partial charge in [-0.15, -0.1) is 21.5 Å². The van der Waals surface area contributed by atoms with Gasteiger partial charge in [-0.1, -0.05) is 11.8 Å². The van der Waals surface area contributed by atoms with E-state index in [1.807, 2.05) is 17.5 Å². The highest BCUT2D eigenvalue weighted by Gasteiger charge is 2.14. The van der Waals surface area contributed by atoms with Gasteiger partial charge in [-0.3, -0.25) is 4.98 Å². The predicted molar refractivity (Wildman–Crippen MR) is 111 cm³/mol. The van der Waals surface area contributed by atoms with Gasteiger partial charge in [0, 0.05) is 35.6 Å². The van der Waals surface area contributed by atoms with Crippen molar-refractivity contribution in [3.05, 3.63) is 70.7 Å². The molecule has 148 valence electrons. The molecule has 29 heavy (non-hydrogen) atoms. The molecule has 3 heterocycles. The minimum Gasteiger partial charge on any atom is -0.486 e. The summed E-state index contributed by atoms with van der Waals surface area (Å²) in [7, 11) is 0. The summed E-state index contributed by atoms with van der Waals surface area (Å²) in [5.74, 6) is 1.88. The first-order chi connectivity index (χ1) is 14.2. The zero-order valence-corrected chi connectivity index (χ0v) is 17.3. The van der Waals surface area contributed by atoms with Crippen LogP contribution in [0.25, 0.3) is 11.4 Å². The third-order valence-electron chi connectivity index (χ3n) is 4.10. The van der Waals surface area contributed by atoms with Crippen molar-refractivity contribution in [1.82, 2.24) is 24.7 Å². The molecule has 0 aliphatic rings. The number of pyridine rings is 1. The molecule has 0 bridgehead atoms. The summed E-state index contributed by atoms with van der Waals surface area (Å²) >= 11 is 3.15. The van der Waals surface area contributed by atoms with E-state index in [2.05, 4.69) is 31.7 Å². The lowest BCUT2D eigenvalue weighted by Gasteiger charge is -2.06. The Morgan fingerprint density at radius 3 is 2.66 bits per heavy atom. The minimum atomic E-state index is -0.280. The lowest BCUT2D eigenvalue weighted by atomic mass is 10.2. The van der Waals surface area contributed by atoms with Crippen LogP contribution in [0.15, 0.2) is 59.3 Å². The number of ether oxygens (including phenoxy) is 1. The molecule has 3 aromatic heterocycles. The number of halogens is 1. The summed E-state index contributed by atoms with van der Waals surface area (Å²) in [5.41, 5.74) is 1.96. The van der Waals surface area contributed by atoms with Gasteiger partial charge in [0.1, 0.15) is 23.2 Å². The highest BCUT2D eigenvalue weighted by molar-refractivity contribution is 7.98. The molecule has 0 saturated carbocycles. The van der Waals surface area contributed by atoms with Crippen molar-refractivity contribution in [3.8, 4) is 17.1 Å². The van der Waals surface area contributed by atoms with Crippen LogP contribution in [0, 0.1) is 5.82 Å². The van der Waals surface area contributed by atoms with E-state index < -0.39 is 0 Å². The van der Waals surface area contributed by atoms with E-state index in [-0.39, 0.29) is 5.82 Å². The van der Waals surface area contributed by atoms with Crippen LogP contribution in [0.5, 0.6) is 5.75 Å². The lowest BCUT2D eigenvalue weighted by molar-refractivity contribution is 0.305. The highest BCUT2D eigenvalue weighted by atomic mass is 32.2. The summed E-state index contributed by atoms with van der Waals surface area (Å²) in [6.07, 6.45) is 3.50. The number of thioether (sulfide) groups is 1. The summed E-state index contributed by atoms with van der Waals surface area (Å²) in [6.45, 7) is 3.21. The average molecular weight is 428 g/mol. The lowest BCUT2D eigenvalue weighted by Crippen LogP contribution is -2.00. The van der Waals surface area contributed by atoms with Crippen LogP contribution < -0.4 is 4.74 Å². The molecule has 0 aliphatic carbocycles. The van der Waals surface area contributed by atoms with Gasteiger partial charge >= 0.3 is 0 Å². The van der Waals surface area contributed by atoms with Gasteiger partial charge in [-0.2, -0.15) is 0 Å². The zero-order chi connectivity index (χ0) is 20.1. The number of hydrogen-bond acceptors (Lipinski definition) is 7. The third kappa shape index (κ3) is 4.80. The largest absolute Gasteiger partial charge is 0.486 e. The molecule has 0 N–H and O–H groups in total. The molecule has 6 nitrogen and oxygen atoms in total. The maximum atomic E-state index is 12.9. The van der Waals surface area contributed by atoms with Gasteiger partial charge in [0.05, 0.1) is 5.69 Å². The molecular formula is C20H18FN5OS2. The van der Waals surface area contributed by atoms with Crippen molar-refractivity contribution in [1.29, 1.82) is 0 Å². The molecule has 0 aliphatic heterocycles. The first kappa shape index (κ1) is 19.5. The smallest absolute Gasteiger partial charge is 0.191 e. The van der Waals surface area contributed by atoms with Crippen molar-refractivity contribution in [2.24, 2.45) is 0 Å². The van der Waals surface area contributed by atoms with Crippen molar-refractivity contribution >= 4 is 23.1 Å². The molecule has 0 saturated heterocycles. The topological polar surface area (TPSA) is 65.7 Å². The molecule has 0 atom stereocenters. The first-order valence-electron chi connectivity index (χ1n) is 9.01. The van der Waals surface area contributed by atoms with Crippen LogP contribution in [0.3, 0.4) is 0 Å². The predicted octanol–water partition coefficient (Wildman–Crippen LogP) is 4.83. The molecule has 0 unspecified atom stereocenters. The summed E-state index contributed by atoms with van der Waals surface area (Å²) in [6, 6.07) is 9.83. The number of benzene rings is 1. The van der Waals surface area contributed by atoms with Gasteiger partial charge in [0.15, 0.2) is 11.0 Å². The monoisotopic (exact) mass is 427 g/mol. The average Bonchev–Trinajstić information content (AvgIpc) is 3.39. The Balaban J connectivity index is 1.37. The number of thiazole rings is 1. The second-order valence-electron chi connectivity index (χ2n) is 6.05. The maximum absolute atomic E-state index is 12.9. The van der Waals surface area contributed by atoms with Crippen LogP contribution in [0.4, 0.5) is 4.39 Å². The van der Waals surface area contributed by atoms with Crippen LogP contribution in [-0.4, -0.2) is 24.7 Å². The first-order valence-corrected chi connectivity index (χ1v) is 10.9. The molecule has 0 spiro atoms. The van der Waals surface area contributed by atoms with Gasteiger partial charge < -0.3 is 9.30 Å². The zero-order valence-electron chi connectivity index (χ0n) is 15.7. The Morgan fingerprint density at radius 1 is 1.10 bits per heavy atom. The van der Waals surface area contributed by atoms with Gasteiger partial charge in [-0.25, -0.2) is 9.37 Å². The molecule has 0 radical (unpaired) electrons. The van der Waals surface area contributed by atoms with E-state index in [0.29, 0.717) is 18.1 Å². The fraction of sp³-hybridized carbons (Fsp3) is 0.200. The SMILES string of the molecule is CCn1c(SCc2csc(COc3ccc(F)cc3)n2)nnc1-c1ccncc1. The molecule has 4 aromatic rings. The van der Waals surface area contributed by atoms with Gasteiger partial charge in [0.25, 0.3) is 0 Å². The van der Waals surface area contributed by atoms with Gasteiger partial charge in [-0.05, 0) is 43.3 Å². The summed E-state index contributed by atoms with van der Waals surface area (Å²) < 4.78 is 20.7. The van der Waals surface area contributed by atoms with Crippen LogP contribution in [0.1, 0.15) is 17.6 Å².